The van der Waals surface area contributed by atoms with Gasteiger partial charge in [0.1, 0.15) is 6.10 Å². The number of fused-ring (bicyclic) bond motifs is 1. The van der Waals surface area contributed by atoms with E-state index in [1.165, 1.54) is 6.92 Å². The van der Waals surface area contributed by atoms with Crippen molar-refractivity contribution in [2.75, 3.05) is 14.2 Å². The highest BCUT2D eigenvalue weighted by atomic mass is 16.6. The van der Waals surface area contributed by atoms with E-state index in [1.807, 2.05) is 37.3 Å². The smallest absolute Gasteiger partial charge is 0.308 e. The van der Waals surface area contributed by atoms with Gasteiger partial charge < -0.3 is 18.9 Å². The largest absolute Gasteiger partial charge is 0.493 e. The maximum absolute atomic E-state index is 11.3. The van der Waals surface area contributed by atoms with Crippen molar-refractivity contribution in [2.45, 2.75) is 32.8 Å². The summed E-state index contributed by atoms with van der Waals surface area (Å²) in [4.78, 5) is 11.3. The summed E-state index contributed by atoms with van der Waals surface area (Å²) in [6.07, 6.45) is 3.85. The molecule has 142 valence electrons. The van der Waals surface area contributed by atoms with E-state index >= 15 is 0 Å². The lowest BCUT2D eigenvalue weighted by molar-refractivity contribution is -0.132. The quantitative estimate of drug-likeness (QED) is 0.555. The van der Waals surface area contributed by atoms with Gasteiger partial charge in [0.25, 0.3) is 0 Å². The van der Waals surface area contributed by atoms with E-state index in [9.17, 15) is 4.79 Å². The number of rotatable bonds is 5. The third-order valence-corrected chi connectivity index (χ3v) is 4.64. The molecule has 2 unspecified atom stereocenters. The summed E-state index contributed by atoms with van der Waals surface area (Å²) in [7, 11) is 3.19. The molecule has 0 N–H and O–H groups in total. The van der Waals surface area contributed by atoms with Crippen LogP contribution in [0.3, 0.4) is 0 Å². The standard InChI is InChI=1S/C22H24O5/c1-6-7-15-10-17-13(2)21(27-22(17)20(11-15)25-5)16-8-9-18(26-14(3)23)19(12-16)24-4/h6-13,21H,1-5H3. The number of hydrogen-bond donors (Lipinski definition) is 0. The van der Waals surface area contributed by atoms with Crippen LogP contribution in [0.5, 0.6) is 23.0 Å². The summed E-state index contributed by atoms with van der Waals surface area (Å²) in [6.45, 7) is 5.47. The number of ether oxygens (including phenoxy) is 4. The van der Waals surface area contributed by atoms with Crippen LogP contribution >= 0.6 is 0 Å². The van der Waals surface area contributed by atoms with Gasteiger partial charge >= 0.3 is 5.97 Å². The van der Waals surface area contributed by atoms with Crippen molar-refractivity contribution >= 4 is 12.0 Å². The van der Waals surface area contributed by atoms with Crippen LogP contribution in [0.4, 0.5) is 0 Å². The van der Waals surface area contributed by atoms with Gasteiger partial charge in [-0.15, -0.1) is 0 Å². The van der Waals surface area contributed by atoms with E-state index in [-0.39, 0.29) is 18.0 Å². The van der Waals surface area contributed by atoms with Gasteiger partial charge in [-0.05, 0) is 42.3 Å². The van der Waals surface area contributed by atoms with Gasteiger partial charge in [0.15, 0.2) is 23.0 Å². The Kier molecular flexibility index (Phi) is 5.40. The first kappa shape index (κ1) is 18.8. The second-order valence-corrected chi connectivity index (χ2v) is 6.47. The van der Waals surface area contributed by atoms with E-state index < -0.39 is 0 Å². The zero-order chi connectivity index (χ0) is 19.6. The van der Waals surface area contributed by atoms with Gasteiger partial charge in [0.2, 0.25) is 0 Å². The summed E-state index contributed by atoms with van der Waals surface area (Å²) in [5.41, 5.74) is 3.13. The molecule has 27 heavy (non-hydrogen) atoms. The van der Waals surface area contributed by atoms with Crippen LogP contribution in [0.25, 0.3) is 6.08 Å². The molecule has 0 aliphatic carbocycles. The van der Waals surface area contributed by atoms with Gasteiger partial charge in [-0.2, -0.15) is 0 Å². The third kappa shape index (κ3) is 3.63. The maximum Gasteiger partial charge on any atom is 0.308 e. The molecule has 0 bridgehead atoms. The minimum Gasteiger partial charge on any atom is -0.493 e. The lowest BCUT2D eigenvalue weighted by Gasteiger charge is -2.18. The Labute approximate surface area is 159 Å². The number of carbonyl (C=O) groups excluding carboxylic acids is 1. The van der Waals surface area contributed by atoms with Crippen LogP contribution in [0.1, 0.15) is 49.5 Å². The normalized spacial score (nSPS) is 18.1. The Morgan fingerprint density at radius 3 is 2.44 bits per heavy atom. The fourth-order valence-electron chi connectivity index (χ4n) is 3.40. The molecule has 2 aromatic rings. The molecule has 1 aliphatic heterocycles. The Balaban J connectivity index is 1.98. The van der Waals surface area contributed by atoms with Crippen molar-refractivity contribution in [3.05, 3.63) is 53.1 Å². The average molecular weight is 368 g/mol. The van der Waals surface area contributed by atoms with Gasteiger partial charge in [-0.25, -0.2) is 0 Å². The minimum atomic E-state index is -0.389. The third-order valence-electron chi connectivity index (χ3n) is 4.64. The highest BCUT2D eigenvalue weighted by molar-refractivity contribution is 5.70. The molecular weight excluding hydrogens is 344 g/mol. The summed E-state index contributed by atoms with van der Waals surface area (Å²) >= 11 is 0. The van der Waals surface area contributed by atoms with Crippen molar-refractivity contribution in [2.24, 2.45) is 0 Å². The molecule has 0 saturated heterocycles. The van der Waals surface area contributed by atoms with Crippen LogP contribution in [0, 0.1) is 0 Å². The molecule has 0 radical (unpaired) electrons. The van der Waals surface area contributed by atoms with Gasteiger partial charge in [0.05, 0.1) is 14.2 Å². The molecule has 0 aromatic heterocycles. The van der Waals surface area contributed by atoms with E-state index in [4.69, 9.17) is 18.9 Å². The summed E-state index contributed by atoms with van der Waals surface area (Å²) in [5, 5.41) is 0. The van der Waals surface area contributed by atoms with Crippen LogP contribution in [0.15, 0.2) is 36.4 Å². The number of allylic oxidation sites excluding steroid dienone is 1. The van der Waals surface area contributed by atoms with Crippen molar-refractivity contribution in [1.29, 1.82) is 0 Å². The number of esters is 1. The first-order valence-corrected chi connectivity index (χ1v) is 8.86. The predicted octanol–water partition coefficient (Wildman–Crippen LogP) is 4.90. The zero-order valence-electron chi connectivity index (χ0n) is 16.2. The Hall–Kier alpha value is -2.95. The van der Waals surface area contributed by atoms with E-state index in [0.29, 0.717) is 11.5 Å². The number of methoxy groups -OCH3 is 2. The van der Waals surface area contributed by atoms with Gasteiger partial charge in [-0.1, -0.05) is 25.1 Å². The van der Waals surface area contributed by atoms with Crippen molar-refractivity contribution in [1.82, 2.24) is 0 Å². The van der Waals surface area contributed by atoms with Crippen LogP contribution < -0.4 is 18.9 Å². The highest BCUT2D eigenvalue weighted by Crippen LogP contribution is 2.51. The summed E-state index contributed by atoms with van der Waals surface area (Å²) < 4.78 is 22.4. The first-order valence-electron chi connectivity index (χ1n) is 8.86. The molecule has 0 fully saturated rings. The second-order valence-electron chi connectivity index (χ2n) is 6.47. The minimum absolute atomic E-state index is 0.128. The van der Waals surface area contributed by atoms with Crippen LogP contribution in [0.2, 0.25) is 0 Å². The lowest BCUT2D eigenvalue weighted by Crippen LogP contribution is -2.09. The lowest BCUT2D eigenvalue weighted by atomic mass is 9.91. The molecule has 1 aliphatic rings. The molecule has 3 rings (SSSR count). The molecular formula is C22H24O5. The fraction of sp³-hybridized carbons (Fsp3) is 0.318. The van der Waals surface area contributed by atoms with Crippen molar-refractivity contribution < 1.29 is 23.7 Å². The topological polar surface area (TPSA) is 54.0 Å². The van der Waals surface area contributed by atoms with Crippen molar-refractivity contribution in [3.8, 4) is 23.0 Å². The Morgan fingerprint density at radius 1 is 1.07 bits per heavy atom. The highest BCUT2D eigenvalue weighted by Gasteiger charge is 2.35. The van der Waals surface area contributed by atoms with E-state index in [2.05, 4.69) is 13.0 Å². The molecule has 0 amide bonds. The second kappa shape index (κ2) is 7.74. The van der Waals surface area contributed by atoms with E-state index in [1.54, 1.807) is 20.3 Å². The molecule has 1 heterocycles. The molecule has 0 saturated carbocycles. The Bertz CT molecular complexity index is 885. The number of benzene rings is 2. The van der Waals surface area contributed by atoms with Gasteiger partial charge in [0, 0.05) is 18.4 Å². The summed E-state index contributed by atoms with van der Waals surface area (Å²) in [6, 6.07) is 9.58. The molecule has 0 spiro atoms. The maximum atomic E-state index is 11.3. The first-order chi connectivity index (χ1) is 13.0. The number of hydrogen-bond acceptors (Lipinski definition) is 5. The number of carbonyl (C=O) groups is 1. The molecule has 2 atom stereocenters. The van der Waals surface area contributed by atoms with E-state index in [0.717, 1.165) is 28.2 Å². The zero-order valence-corrected chi connectivity index (χ0v) is 16.2. The van der Waals surface area contributed by atoms with Crippen LogP contribution in [-0.4, -0.2) is 20.2 Å². The fourth-order valence-corrected chi connectivity index (χ4v) is 3.40. The molecule has 5 heteroatoms. The average Bonchev–Trinajstić information content (AvgIpc) is 2.98. The monoisotopic (exact) mass is 368 g/mol. The van der Waals surface area contributed by atoms with Crippen molar-refractivity contribution in [3.63, 3.8) is 0 Å². The Morgan fingerprint density at radius 2 is 1.81 bits per heavy atom. The van der Waals surface area contributed by atoms with Gasteiger partial charge in [-0.3, -0.25) is 4.79 Å². The van der Waals surface area contributed by atoms with Crippen LogP contribution in [-0.2, 0) is 4.79 Å². The molecule has 2 aromatic carbocycles. The molecule has 5 nitrogen and oxygen atoms in total. The SMILES string of the molecule is CC=Cc1cc(OC)c2c(c1)C(C)C(c1ccc(OC(C)=O)c(OC)c1)O2. The predicted molar refractivity (Wildman–Crippen MR) is 104 cm³/mol. The summed E-state index contributed by atoms with van der Waals surface area (Å²) in [5.74, 6) is 2.12.